The fourth-order valence-corrected chi connectivity index (χ4v) is 1.80. The van der Waals surface area contributed by atoms with E-state index in [1.807, 2.05) is 36.4 Å². The van der Waals surface area contributed by atoms with Gasteiger partial charge < -0.3 is 4.74 Å². The molecule has 0 heterocycles. The van der Waals surface area contributed by atoms with Crippen molar-refractivity contribution in [3.8, 4) is 5.75 Å². The van der Waals surface area contributed by atoms with E-state index in [4.69, 9.17) is 4.74 Å². The Hall–Kier alpha value is -2.02. The van der Waals surface area contributed by atoms with E-state index in [0.717, 1.165) is 18.6 Å². The molecular weight excluding hydrogens is 220 g/mol. The quantitative estimate of drug-likeness (QED) is 0.678. The summed E-state index contributed by atoms with van der Waals surface area (Å²) in [6.07, 6.45) is 3.96. The highest BCUT2D eigenvalue weighted by Crippen LogP contribution is 2.16. The van der Waals surface area contributed by atoms with Crippen LogP contribution in [-0.4, -0.2) is 0 Å². The average Bonchev–Trinajstić information content (AvgIpc) is 2.44. The van der Waals surface area contributed by atoms with E-state index in [1.54, 1.807) is 0 Å². The molecule has 0 unspecified atom stereocenters. The number of benzene rings is 2. The number of rotatable bonds is 6. The minimum atomic E-state index is 0.617. The van der Waals surface area contributed by atoms with Crippen molar-refractivity contribution in [3.63, 3.8) is 0 Å². The molecule has 0 saturated heterocycles. The molecule has 0 radical (unpaired) electrons. The Morgan fingerprint density at radius 2 is 1.72 bits per heavy atom. The summed E-state index contributed by atoms with van der Waals surface area (Å²) in [6, 6.07) is 18.5. The molecule has 0 N–H and O–H groups in total. The van der Waals surface area contributed by atoms with Crippen LogP contribution in [0.2, 0.25) is 0 Å². The van der Waals surface area contributed by atoms with E-state index in [0.29, 0.717) is 6.61 Å². The molecule has 0 atom stereocenters. The molecule has 2 aromatic rings. The second-order valence-corrected chi connectivity index (χ2v) is 4.25. The van der Waals surface area contributed by atoms with E-state index in [2.05, 4.69) is 30.8 Å². The molecular formula is C17H18O. The number of allylic oxidation sites excluding steroid dienone is 1. The number of hydrogen-bond acceptors (Lipinski definition) is 1. The van der Waals surface area contributed by atoms with Crippen LogP contribution in [0.4, 0.5) is 0 Å². The van der Waals surface area contributed by atoms with Crippen molar-refractivity contribution in [1.82, 2.24) is 0 Å². The van der Waals surface area contributed by atoms with Gasteiger partial charge in [0.25, 0.3) is 0 Å². The number of hydrogen-bond donors (Lipinski definition) is 0. The standard InChI is InChI=1S/C17H18O/c1-2-3-8-15-11-7-12-17(13-15)18-14-16-9-5-4-6-10-16/h2,4-7,9-13H,1,3,8,14H2. The SMILES string of the molecule is C=CCCc1cccc(OCc2ccccc2)c1. The van der Waals surface area contributed by atoms with Gasteiger partial charge in [0.1, 0.15) is 12.4 Å². The first-order valence-electron chi connectivity index (χ1n) is 6.25. The fraction of sp³-hybridized carbons (Fsp3) is 0.176. The van der Waals surface area contributed by atoms with E-state index in [9.17, 15) is 0 Å². The summed E-state index contributed by atoms with van der Waals surface area (Å²) >= 11 is 0. The Bertz CT molecular complexity index is 488. The lowest BCUT2D eigenvalue weighted by atomic mass is 10.1. The van der Waals surface area contributed by atoms with Crippen molar-refractivity contribution in [2.24, 2.45) is 0 Å². The van der Waals surface area contributed by atoms with Crippen LogP contribution in [0, 0.1) is 0 Å². The molecule has 2 aromatic carbocycles. The highest BCUT2D eigenvalue weighted by Gasteiger charge is 1.97. The summed E-state index contributed by atoms with van der Waals surface area (Å²) in [5.41, 5.74) is 2.48. The van der Waals surface area contributed by atoms with Gasteiger partial charge in [0.05, 0.1) is 0 Å². The third-order valence-electron chi connectivity index (χ3n) is 2.78. The molecule has 1 nitrogen and oxygen atoms in total. The lowest BCUT2D eigenvalue weighted by Gasteiger charge is -2.07. The molecule has 0 aliphatic rings. The van der Waals surface area contributed by atoms with Gasteiger partial charge in [-0.25, -0.2) is 0 Å². The molecule has 0 saturated carbocycles. The zero-order valence-corrected chi connectivity index (χ0v) is 10.5. The average molecular weight is 238 g/mol. The minimum absolute atomic E-state index is 0.617. The zero-order chi connectivity index (χ0) is 12.6. The van der Waals surface area contributed by atoms with Gasteiger partial charge in [-0.15, -0.1) is 6.58 Å². The predicted molar refractivity (Wildman–Crippen MR) is 75.7 cm³/mol. The molecule has 0 aromatic heterocycles. The third kappa shape index (κ3) is 3.77. The van der Waals surface area contributed by atoms with E-state index in [1.165, 1.54) is 11.1 Å². The second kappa shape index (κ2) is 6.65. The molecule has 92 valence electrons. The topological polar surface area (TPSA) is 9.23 Å². The number of ether oxygens (including phenoxy) is 1. The largest absolute Gasteiger partial charge is 0.489 e. The van der Waals surface area contributed by atoms with Crippen LogP contribution in [0.1, 0.15) is 17.5 Å². The van der Waals surface area contributed by atoms with Crippen LogP contribution in [0.25, 0.3) is 0 Å². The van der Waals surface area contributed by atoms with Crippen molar-refractivity contribution in [2.45, 2.75) is 19.4 Å². The van der Waals surface area contributed by atoms with E-state index >= 15 is 0 Å². The molecule has 0 spiro atoms. The molecule has 0 aliphatic carbocycles. The first kappa shape index (κ1) is 12.4. The maximum atomic E-state index is 5.79. The third-order valence-corrected chi connectivity index (χ3v) is 2.78. The van der Waals surface area contributed by atoms with Crippen LogP contribution < -0.4 is 4.74 Å². The van der Waals surface area contributed by atoms with Crippen LogP contribution in [0.5, 0.6) is 5.75 Å². The van der Waals surface area contributed by atoms with Crippen molar-refractivity contribution >= 4 is 0 Å². The molecule has 0 fully saturated rings. The molecule has 2 rings (SSSR count). The van der Waals surface area contributed by atoms with Gasteiger partial charge >= 0.3 is 0 Å². The van der Waals surface area contributed by atoms with Gasteiger partial charge in [-0.2, -0.15) is 0 Å². The molecule has 0 amide bonds. The van der Waals surface area contributed by atoms with E-state index < -0.39 is 0 Å². The predicted octanol–water partition coefficient (Wildman–Crippen LogP) is 4.38. The molecule has 18 heavy (non-hydrogen) atoms. The molecule has 0 aliphatic heterocycles. The summed E-state index contributed by atoms with van der Waals surface area (Å²) in [7, 11) is 0. The Kier molecular flexibility index (Phi) is 4.60. The van der Waals surface area contributed by atoms with E-state index in [-0.39, 0.29) is 0 Å². The van der Waals surface area contributed by atoms with Crippen LogP contribution in [0.3, 0.4) is 0 Å². The van der Waals surface area contributed by atoms with Gasteiger partial charge in [-0.1, -0.05) is 48.5 Å². The maximum Gasteiger partial charge on any atom is 0.120 e. The summed E-state index contributed by atoms with van der Waals surface area (Å²) in [6.45, 7) is 4.36. The monoisotopic (exact) mass is 238 g/mol. The highest BCUT2D eigenvalue weighted by atomic mass is 16.5. The summed E-state index contributed by atoms with van der Waals surface area (Å²) in [4.78, 5) is 0. The smallest absolute Gasteiger partial charge is 0.120 e. The fourth-order valence-electron chi connectivity index (χ4n) is 1.80. The maximum absolute atomic E-state index is 5.79. The van der Waals surface area contributed by atoms with Crippen LogP contribution in [0.15, 0.2) is 67.3 Å². The highest BCUT2D eigenvalue weighted by molar-refractivity contribution is 5.29. The van der Waals surface area contributed by atoms with Crippen molar-refractivity contribution in [2.75, 3.05) is 0 Å². The Labute approximate surface area is 109 Å². The minimum Gasteiger partial charge on any atom is -0.489 e. The second-order valence-electron chi connectivity index (χ2n) is 4.25. The van der Waals surface area contributed by atoms with Gasteiger partial charge in [0, 0.05) is 0 Å². The van der Waals surface area contributed by atoms with Crippen LogP contribution in [-0.2, 0) is 13.0 Å². The molecule has 1 heteroatoms. The summed E-state index contributed by atoms with van der Waals surface area (Å²) in [5.74, 6) is 0.931. The first-order chi connectivity index (χ1) is 8.88. The summed E-state index contributed by atoms with van der Waals surface area (Å²) < 4.78 is 5.79. The Balaban J connectivity index is 1.95. The van der Waals surface area contributed by atoms with Gasteiger partial charge in [-0.3, -0.25) is 0 Å². The number of aryl methyl sites for hydroxylation is 1. The van der Waals surface area contributed by atoms with Crippen LogP contribution >= 0.6 is 0 Å². The molecule has 0 bridgehead atoms. The normalized spacial score (nSPS) is 10.0. The van der Waals surface area contributed by atoms with Gasteiger partial charge in [-0.05, 0) is 36.1 Å². The van der Waals surface area contributed by atoms with Crippen molar-refractivity contribution < 1.29 is 4.74 Å². The first-order valence-corrected chi connectivity index (χ1v) is 6.25. The van der Waals surface area contributed by atoms with Gasteiger partial charge in [0.2, 0.25) is 0 Å². The Morgan fingerprint density at radius 3 is 2.50 bits per heavy atom. The zero-order valence-electron chi connectivity index (χ0n) is 10.5. The van der Waals surface area contributed by atoms with Crippen molar-refractivity contribution in [1.29, 1.82) is 0 Å². The summed E-state index contributed by atoms with van der Waals surface area (Å²) in [5, 5.41) is 0. The lowest BCUT2D eigenvalue weighted by Crippen LogP contribution is -1.95. The van der Waals surface area contributed by atoms with Gasteiger partial charge in [0.15, 0.2) is 0 Å². The van der Waals surface area contributed by atoms with Crippen molar-refractivity contribution in [3.05, 3.63) is 78.4 Å². The Morgan fingerprint density at radius 1 is 0.944 bits per heavy atom. The lowest BCUT2D eigenvalue weighted by molar-refractivity contribution is 0.306.